The molecule has 27 heavy (non-hydrogen) atoms. The summed E-state index contributed by atoms with van der Waals surface area (Å²) in [5.41, 5.74) is 8.45. The summed E-state index contributed by atoms with van der Waals surface area (Å²) in [5, 5.41) is 9.01. The highest BCUT2D eigenvalue weighted by Gasteiger charge is 2.26. The molecule has 1 amide bonds. The molecule has 1 saturated heterocycles. The molecule has 0 radical (unpaired) electrons. The summed E-state index contributed by atoms with van der Waals surface area (Å²) in [5.74, 6) is 0.732. The van der Waals surface area contributed by atoms with Crippen molar-refractivity contribution in [2.24, 2.45) is 0 Å². The maximum atomic E-state index is 13.0. The summed E-state index contributed by atoms with van der Waals surface area (Å²) < 4.78 is 1.83. The van der Waals surface area contributed by atoms with E-state index in [0.29, 0.717) is 26.4 Å². The molecular formula is C19H18N6OS. The molecule has 0 saturated carbocycles. The number of nitrogen functional groups attached to an aromatic ring is 1. The van der Waals surface area contributed by atoms with Crippen LogP contribution in [0.2, 0.25) is 0 Å². The molecule has 1 fully saturated rings. The van der Waals surface area contributed by atoms with Crippen molar-refractivity contribution in [3.63, 3.8) is 0 Å². The number of carbonyl (C=O) groups excluding carboxylic acids is 1. The van der Waals surface area contributed by atoms with Crippen molar-refractivity contribution in [1.82, 2.24) is 24.5 Å². The minimum absolute atomic E-state index is 0.00544. The van der Waals surface area contributed by atoms with Crippen LogP contribution in [0.5, 0.6) is 0 Å². The van der Waals surface area contributed by atoms with E-state index in [-0.39, 0.29) is 5.91 Å². The van der Waals surface area contributed by atoms with E-state index in [4.69, 9.17) is 10.7 Å². The van der Waals surface area contributed by atoms with E-state index >= 15 is 0 Å². The van der Waals surface area contributed by atoms with Crippen LogP contribution in [0.3, 0.4) is 0 Å². The molecule has 0 atom stereocenters. The molecule has 0 bridgehead atoms. The quantitative estimate of drug-likeness (QED) is 0.578. The lowest BCUT2D eigenvalue weighted by Crippen LogP contribution is -2.35. The largest absolute Gasteiger partial charge is 0.397 e. The molecule has 136 valence electrons. The van der Waals surface area contributed by atoms with Crippen LogP contribution in [0.1, 0.15) is 28.9 Å². The summed E-state index contributed by atoms with van der Waals surface area (Å²) in [6, 6.07) is 9.87. The Morgan fingerprint density at radius 1 is 1.11 bits per heavy atom. The Morgan fingerprint density at radius 3 is 2.67 bits per heavy atom. The van der Waals surface area contributed by atoms with Gasteiger partial charge in [-0.1, -0.05) is 30.3 Å². The number of piperidine rings is 1. The Morgan fingerprint density at radius 2 is 1.89 bits per heavy atom. The third-order valence-corrected chi connectivity index (χ3v) is 6.09. The molecule has 0 aliphatic carbocycles. The van der Waals surface area contributed by atoms with Crippen LogP contribution >= 0.6 is 11.3 Å². The molecule has 2 N–H and O–H groups in total. The highest BCUT2D eigenvalue weighted by atomic mass is 32.1. The second-order valence-electron chi connectivity index (χ2n) is 6.70. The van der Waals surface area contributed by atoms with Crippen LogP contribution in [-0.4, -0.2) is 43.5 Å². The fraction of sp³-hybridized carbons (Fsp3) is 0.263. The van der Waals surface area contributed by atoms with Gasteiger partial charge in [0.05, 0.1) is 11.1 Å². The van der Waals surface area contributed by atoms with E-state index in [0.717, 1.165) is 37.3 Å². The number of benzene rings is 1. The highest BCUT2D eigenvalue weighted by Crippen LogP contribution is 2.37. The topological polar surface area (TPSA) is 89.4 Å². The van der Waals surface area contributed by atoms with Crippen LogP contribution in [0, 0.1) is 0 Å². The SMILES string of the molecule is Nc1c(C(=O)N2CCCCC2)sc2nc(-c3ccccc3)n3cnnc3c12. The number of nitrogens with zero attached hydrogens (tertiary/aromatic N) is 5. The molecular weight excluding hydrogens is 360 g/mol. The van der Waals surface area contributed by atoms with E-state index in [1.165, 1.54) is 17.8 Å². The average molecular weight is 378 g/mol. The normalized spacial score (nSPS) is 14.9. The van der Waals surface area contributed by atoms with Gasteiger partial charge in [-0.2, -0.15) is 0 Å². The number of anilines is 1. The van der Waals surface area contributed by atoms with E-state index in [2.05, 4.69) is 10.2 Å². The van der Waals surface area contributed by atoms with Crippen LogP contribution < -0.4 is 5.73 Å². The van der Waals surface area contributed by atoms with Crippen LogP contribution in [0.15, 0.2) is 36.7 Å². The van der Waals surface area contributed by atoms with Crippen molar-refractivity contribution < 1.29 is 4.79 Å². The zero-order valence-corrected chi connectivity index (χ0v) is 15.4. The third kappa shape index (κ3) is 2.56. The number of hydrogen-bond donors (Lipinski definition) is 1. The lowest BCUT2D eigenvalue weighted by atomic mass is 10.1. The predicted octanol–water partition coefficient (Wildman–Crippen LogP) is 3.21. The first-order valence-electron chi connectivity index (χ1n) is 9.00. The Hall–Kier alpha value is -3.00. The van der Waals surface area contributed by atoms with Gasteiger partial charge >= 0.3 is 0 Å². The van der Waals surface area contributed by atoms with Gasteiger partial charge in [0.2, 0.25) is 0 Å². The van der Waals surface area contributed by atoms with E-state index in [1.807, 2.05) is 39.6 Å². The first kappa shape index (κ1) is 16.2. The zero-order chi connectivity index (χ0) is 18.4. The summed E-state index contributed by atoms with van der Waals surface area (Å²) in [6.45, 7) is 1.57. The maximum absolute atomic E-state index is 13.0. The van der Waals surface area contributed by atoms with Crippen molar-refractivity contribution in [2.75, 3.05) is 18.8 Å². The second-order valence-corrected chi connectivity index (χ2v) is 7.70. The van der Waals surface area contributed by atoms with Gasteiger partial charge in [-0.3, -0.25) is 9.20 Å². The van der Waals surface area contributed by atoms with Gasteiger partial charge < -0.3 is 10.6 Å². The molecule has 4 aromatic rings. The molecule has 8 heteroatoms. The van der Waals surface area contributed by atoms with Crippen molar-refractivity contribution in [3.8, 4) is 11.4 Å². The monoisotopic (exact) mass is 378 g/mol. The van der Waals surface area contributed by atoms with Crippen molar-refractivity contribution in [2.45, 2.75) is 19.3 Å². The molecule has 7 nitrogen and oxygen atoms in total. The molecule has 4 heterocycles. The molecule has 1 aromatic carbocycles. The molecule has 1 aliphatic rings. The van der Waals surface area contributed by atoms with Gasteiger partial charge in [-0.05, 0) is 19.3 Å². The second kappa shape index (κ2) is 6.31. The Kier molecular flexibility index (Phi) is 3.78. The standard InChI is InChI=1S/C19H18N6OS/c20-14-13-17-23-21-11-25(17)16(12-7-3-1-4-8-12)22-18(13)27-15(14)19(26)24-9-5-2-6-10-24/h1,3-4,7-8,11H,2,5-6,9-10,20H2. The number of nitrogens with two attached hydrogens (primary N) is 1. The third-order valence-electron chi connectivity index (χ3n) is 5.00. The molecule has 1 aliphatic heterocycles. The van der Waals surface area contributed by atoms with Gasteiger partial charge in [0, 0.05) is 18.7 Å². The maximum Gasteiger partial charge on any atom is 0.266 e. The minimum atomic E-state index is -0.00544. The number of amides is 1. The van der Waals surface area contributed by atoms with E-state index in [9.17, 15) is 4.79 Å². The van der Waals surface area contributed by atoms with Crippen LogP contribution in [-0.2, 0) is 0 Å². The number of carbonyl (C=O) groups is 1. The Labute approximate surface area is 159 Å². The van der Waals surface area contributed by atoms with Crippen LogP contribution in [0.4, 0.5) is 5.69 Å². The first-order valence-corrected chi connectivity index (χ1v) is 9.82. The summed E-state index contributed by atoms with van der Waals surface area (Å²) in [6.07, 6.45) is 4.89. The zero-order valence-electron chi connectivity index (χ0n) is 14.6. The van der Waals surface area contributed by atoms with Crippen molar-refractivity contribution in [1.29, 1.82) is 0 Å². The van der Waals surface area contributed by atoms with E-state index < -0.39 is 0 Å². The Bertz CT molecular complexity index is 1140. The summed E-state index contributed by atoms with van der Waals surface area (Å²) in [7, 11) is 0. The van der Waals surface area contributed by atoms with Gasteiger partial charge in [0.25, 0.3) is 5.91 Å². The van der Waals surface area contributed by atoms with E-state index in [1.54, 1.807) is 6.33 Å². The number of aromatic nitrogens is 4. The fourth-order valence-electron chi connectivity index (χ4n) is 3.63. The average Bonchev–Trinajstić information content (AvgIpc) is 3.33. The van der Waals surface area contributed by atoms with Crippen molar-refractivity contribution >= 4 is 38.8 Å². The van der Waals surface area contributed by atoms with Gasteiger partial charge in [0.15, 0.2) is 5.65 Å². The first-order chi connectivity index (χ1) is 13.2. The van der Waals surface area contributed by atoms with Crippen LogP contribution in [0.25, 0.3) is 27.3 Å². The van der Waals surface area contributed by atoms with Gasteiger partial charge in [-0.25, -0.2) is 4.98 Å². The summed E-state index contributed by atoms with van der Waals surface area (Å²) in [4.78, 5) is 21.0. The number of thiophene rings is 1. The summed E-state index contributed by atoms with van der Waals surface area (Å²) >= 11 is 1.34. The number of hydrogen-bond acceptors (Lipinski definition) is 6. The lowest BCUT2D eigenvalue weighted by Gasteiger charge is -2.26. The molecule has 0 unspecified atom stereocenters. The van der Waals surface area contributed by atoms with Gasteiger partial charge in [0.1, 0.15) is 21.9 Å². The number of fused-ring (bicyclic) bond motifs is 3. The fourth-order valence-corrected chi connectivity index (χ4v) is 4.68. The molecule has 3 aromatic heterocycles. The lowest BCUT2D eigenvalue weighted by molar-refractivity contribution is 0.0730. The Balaban J connectivity index is 1.71. The molecule has 5 rings (SSSR count). The van der Waals surface area contributed by atoms with Gasteiger partial charge in [-0.15, -0.1) is 21.5 Å². The minimum Gasteiger partial charge on any atom is -0.397 e. The molecule has 0 spiro atoms. The predicted molar refractivity (Wildman–Crippen MR) is 106 cm³/mol. The highest BCUT2D eigenvalue weighted by molar-refractivity contribution is 7.21. The van der Waals surface area contributed by atoms with Crippen molar-refractivity contribution in [3.05, 3.63) is 41.5 Å². The number of rotatable bonds is 2. The number of likely N-dealkylation sites (tertiary alicyclic amines) is 1. The smallest absolute Gasteiger partial charge is 0.266 e.